The molecule has 0 aliphatic rings. The molecule has 0 unspecified atom stereocenters. The summed E-state index contributed by atoms with van der Waals surface area (Å²) in [7, 11) is 0. The van der Waals surface area contributed by atoms with Crippen LogP contribution < -0.4 is 10.5 Å². The maximum Gasteiger partial charge on any atom is 0.174 e. The second-order valence-corrected chi connectivity index (χ2v) is 2.92. The predicted molar refractivity (Wildman–Crippen MR) is 50.1 cm³/mol. The standard InChI is InChI=1S/C10H11FN2O/c1-7(13)9-3-2-8(11)6-10(9)14-5-4-12/h2-3,6-7H,5,13H2,1H3/t7-/m0/s1. The van der Waals surface area contributed by atoms with Gasteiger partial charge in [-0.05, 0) is 13.0 Å². The minimum absolute atomic E-state index is 0.108. The number of hydrogen-bond acceptors (Lipinski definition) is 3. The zero-order chi connectivity index (χ0) is 10.6. The quantitative estimate of drug-likeness (QED) is 0.797. The van der Waals surface area contributed by atoms with Gasteiger partial charge in [0.15, 0.2) is 6.61 Å². The van der Waals surface area contributed by atoms with E-state index >= 15 is 0 Å². The highest BCUT2D eigenvalue weighted by Crippen LogP contribution is 2.24. The number of nitrogens with two attached hydrogens (primary N) is 1. The molecule has 0 radical (unpaired) electrons. The minimum Gasteiger partial charge on any atom is -0.478 e. The SMILES string of the molecule is C[C@H](N)c1ccc(F)cc1OCC#N. The fourth-order valence-corrected chi connectivity index (χ4v) is 1.12. The maximum absolute atomic E-state index is 12.8. The Bertz CT molecular complexity index is 358. The molecular formula is C10H11FN2O. The fourth-order valence-electron chi connectivity index (χ4n) is 1.12. The Balaban J connectivity index is 2.98. The van der Waals surface area contributed by atoms with E-state index in [1.807, 2.05) is 6.07 Å². The van der Waals surface area contributed by atoms with E-state index in [2.05, 4.69) is 0 Å². The van der Waals surface area contributed by atoms with Crippen LogP contribution in [0.2, 0.25) is 0 Å². The molecule has 0 fully saturated rings. The normalized spacial score (nSPS) is 11.9. The lowest BCUT2D eigenvalue weighted by atomic mass is 10.1. The second kappa shape index (κ2) is 4.58. The Labute approximate surface area is 81.9 Å². The molecule has 0 saturated carbocycles. The van der Waals surface area contributed by atoms with Crippen LogP contribution in [0.3, 0.4) is 0 Å². The van der Waals surface area contributed by atoms with Crippen molar-refractivity contribution in [3.05, 3.63) is 29.6 Å². The smallest absolute Gasteiger partial charge is 0.174 e. The van der Waals surface area contributed by atoms with E-state index in [1.54, 1.807) is 13.0 Å². The van der Waals surface area contributed by atoms with Gasteiger partial charge in [-0.3, -0.25) is 0 Å². The zero-order valence-electron chi connectivity index (χ0n) is 7.83. The molecule has 0 saturated heterocycles. The summed E-state index contributed by atoms with van der Waals surface area (Å²) >= 11 is 0. The lowest BCUT2D eigenvalue weighted by Gasteiger charge is -2.11. The molecule has 0 spiro atoms. The molecule has 0 aliphatic carbocycles. The van der Waals surface area contributed by atoms with Crippen LogP contribution in [0.25, 0.3) is 0 Å². The van der Waals surface area contributed by atoms with Gasteiger partial charge < -0.3 is 10.5 Å². The predicted octanol–water partition coefficient (Wildman–Crippen LogP) is 1.75. The third-order valence-electron chi connectivity index (χ3n) is 1.76. The first-order valence-electron chi connectivity index (χ1n) is 4.20. The Kier molecular flexibility index (Phi) is 3.43. The molecule has 0 bridgehead atoms. The number of nitrogens with zero attached hydrogens (tertiary/aromatic N) is 1. The van der Waals surface area contributed by atoms with E-state index in [4.69, 9.17) is 15.7 Å². The van der Waals surface area contributed by atoms with E-state index in [1.165, 1.54) is 12.1 Å². The van der Waals surface area contributed by atoms with Crippen molar-refractivity contribution in [2.45, 2.75) is 13.0 Å². The summed E-state index contributed by atoms with van der Waals surface area (Å²) < 4.78 is 17.9. The molecule has 74 valence electrons. The van der Waals surface area contributed by atoms with Crippen LogP contribution in [-0.4, -0.2) is 6.61 Å². The maximum atomic E-state index is 12.8. The van der Waals surface area contributed by atoms with Crippen LogP contribution in [0, 0.1) is 17.1 Å². The highest BCUT2D eigenvalue weighted by atomic mass is 19.1. The van der Waals surface area contributed by atoms with Crippen LogP contribution in [0.1, 0.15) is 18.5 Å². The van der Waals surface area contributed by atoms with Crippen molar-refractivity contribution in [1.29, 1.82) is 5.26 Å². The molecular weight excluding hydrogens is 183 g/mol. The monoisotopic (exact) mass is 194 g/mol. The highest BCUT2D eigenvalue weighted by Gasteiger charge is 2.08. The molecule has 0 amide bonds. The summed E-state index contributed by atoms with van der Waals surface area (Å²) in [6.45, 7) is 1.66. The van der Waals surface area contributed by atoms with Crippen LogP contribution in [-0.2, 0) is 0 Å². The average Bonchev–Trinajstić information content (AvgIpc) is 2.14. The van der Waals surface area contributed by atoms with Crippen molar-refractivity contribution in [2.24, 2.45) is 5.73 Å². The molecule has 0 aromatic heterocycles. The van der Waals surface area contributed by atoms with E-state index in [9.17, 15) is 4.39 Å². The molecule has 3 nitrogen and oxygen atoms in total. The van der Waals surface area contributed by atoms with Crippen molar-refractivity contribution >= 4 is 0 Å². The first-order valence-corrected chi connectivity index (χ1v) is 4.20. The zero-order valence-corrected chi connectivity index (χ0v) is 7.83. The van der Waals surface area contributed by atoms with E-state index < -0.39 is 5.82 Å². The van der Waals surface area contributed by atoms with Gasteiger partial charge in [0.2, 0.25) is 0 Å². The van der Waals surface area contributed by atoms with Gasteiger partial charge in [0, 0.05) is 17.7 Å². The number of ether oxygens (including phenoxy) is 1. The molecule has 0 aliphatic heterocycles. The highest BCUT2D eigenvalue weighted by molar-refractivity contribution is 5.36. The van der Waals surface area contributed by atoms with E-state index in [0.717, 1.165) is 0 Å². The molecule has 2 N–H and O–H groups in total. The van der Waals surface area contributed by atoms with Crippen molar-refractivity contribution in [3.8, 4) is 11.8 Å². The third-order valence-corrected chi connectivity index (χ3v) is 1.76. The summed E-state index contributed by atoms with van der Waals surface area (Å²) in [4.78, 5) is 0. The van der Waals surface area contributed by atoms with Gasteiger partial charge in [-0.2, -0.15) is 5.26 Å². The Hall–Kier alpha value is -1.60. The molecule has 4 heteroatoms. The average molecular weight is 194 g/mol. The number of halogens is 1. The topological polar surface area (TPSA) is 59.0 Å². The van der Waals surface area contributed by atoms with E-state index in [0.29, 0.717) is 11.3 Å². The summed E-state index contributed by atoms with van der Waals surface area (Å²) in [6.07, 6.45) is 0. The van der Waals surface area contributed by atoms with Gasteiger partial charge in [-0.15, -0.1) is 0 Å². The number of nitriles is 1. The van der Waals surface area contributed by atoms with Gasteiger partial charge >= 0.3 is 0 Å². The summed E-state index contributed by atoms with van der Waals surface area (Å²) in [5, 5.41) is 8.33. The summed E-state index contributed by atoms with van der Waals surface area (Å²) in [5.74, 6) is -0.0658. The van der Waals surface area contributed by atoms with E-state index in [-0.39, 0.29) is 12.6 Å². The molecule has 1 atom stereocenters. The lowest BCUT2D eigenvalue weighted by Crippen LogP contribution is -2.08. The van der Waals surface area contributed by atoms with Crippen LogP contribution in [0.15, 0.2) is 18.2 Å². The van der Waals surface area contributed by atoms with Crippen molar-refractivity contribution in [2.75, 3.05) is 6.61 Å². The summed E-state index contributed by atoms with van der Waals surface area (Å²) in [6, 6.07) is 5.68. The molecule has 1 rings (SSSR count). The Morgan fingerprint density at radius 3 is 2.93 bits per heavy atom. The number of rotatable bonds is 3. The van der Waals surface area contributed by atoms with Gasteiger partial charge in [0.25, 0.3) is 0 Å². The first kappa shape index (κ1) is 10.5. The largest absolute Gasteiger partial charge is 0.478 e. The number of benzene rings is 1. The van der Waals surface area contributed by atoms with Crippen LogP contribution in [0.5, 0.6) is 5.75 Å². The molecule has 1 aromatic rings. The van der Waals surface area contributed by atoms with Gasteiger partial charge in [-0.25, -0.2) is 4.39 Å². The van der Waals surface area contributed by atoms with Crippen molar-refractivity contribution in [1.82, 2.24) is 0 Å². The third kappa shape index (κ3) is 2.44. The Morgan fingerprint density at radius 2 is 2.36 bits per heavy atom. The van der Waals surface area contributed by atoms with Crippen LogP contribution in [0.4, 0.5) is 4.39 Å². The fraction of sp³-hybridized carbons (Fsp3) is 0.300. The van der Waals surface area contributed by atoms with Gasteiger partial charge in [-0.1, -0.05) is 6.07 Å². The van der Waals surface area contributed by atoms with Crippen molar-refractivity contribution < 1.29 is 9.13 Å². The second-order valence-electron chi connectivity index (χ2n) is 2.92. The molecule has 14 heavy (non-hydrogen) atoms. The minimum atomic E-state index is -0.401. The van der Waals surface area contributed by atoms with Crippen LogP contribution >= 0.6 is 0 Å². The number of hydrogen-bond donors (Lipinski definition) is 1. The molecule has 0 heterocycles. The Morgan fingerprint density at radius 1 is 1.64 bits per heavy atom. The van der Waals surface area contributed by atoms with Crippen molar-refractivity contribution in [3.63, 3.8) is 0 Å². The summed E-state index contributed by atoms with van der Waals surface area (Å²) in [5.41, 5.74) is 6.35. The van der Waals surface area contributed by atoms with Gasteiger partial charge in [0.1, 0.15) is 17.6 Å². The lowest BCUT2D eigenvalue weighted by molar-refractivity contribution is 0.359. The molecule has 1 aromatic carbocycles. The van der Waals surface area contributed by atoms with Gasteiger partial charge in [0.05, 0.1) is 0 Å². The first-order chi connectivity index (χ1) is 6.65.